The van der Waals surface area contributed by atoms with E-state index in [-0.39, 0.29) is 23.9 Å². The average molecular weight is 421 g/mol. The number of nitrogens with zero attached hydrogens (tertiary/aromatic N) is 1. The summed E-state index contributed by atoms with van der Waals surface area (Å²) in [5.74, 6) is -1.34. The van der Waals surface area contributed by atoms with Crippen molar-refractivity contribution in [2.24, 2.45) is 0 Å². The molecule has 0 aliphatic carbocycles. The molecule has 0 aromatic heterocycles. The van der Waals surface area contributed by atoms with Crippen molar-refractivity contribution in [3.05, 3.63) is 71.3 Å². The fraction of sp³-hybridized carbons (Fsp3) is 0.385. The molecule has 2 N–H and O–H groups in total. The number of anilines is 1. The molecule has 3 rings (SSSR count). The van der Waals surface area contributed by atoms with Crippen LogP contribution >= 0.6 is 0 Å². The van der Waals surface area contributed by atoms with Crippen LogP contribution in [-0.2, 0) is 9.59 Å². The van der Waals surface area contributed by atoms with Crippen molar-refractivity contribution in [1.29, 1.82) is 0 Å². The summed E-state index contributed by atoms with van der Waals surface area (Å²) in [7, 11) is 0. The molecule has 31 heavy (non-hydrogen) atoms. The molecule has 1 saturated heterocycles. The number of carboxylic acids is 1. The van der Waals surface area contributed by atoms with Crippen LogP contribution in [0.2, 0.25) is 0 Å². The summed E-state index contributed by atoms with van der Waals surface area (Å²) >= 11 is 0. The number of rotatable bonds is 9. The van der Waals surface area contributed by atoms with Gasteiger partial charge >= 0.3 is 5.97 Å². The monoisotopic (exact) mass is 420 g/mol. The van der Waals surface area contributed by atoms with E-state index in [1.165, 1.54) is 24.9 Å². The van der Waals surface area contributed by atoms with Crippen LogP contribution in [-0.4, -0.2) is 30.1 Å². The first kappa shape index (κ1) is 22.6. The molecule has 5 heteroatoms. The zero-order valence-electron chi connectivity index (χ0n) is 18.2. The van der Waals surface area contributed by atoms with E-state index < -0.39 is 5.97 Å². The molecule has 1 unspecified atom stereocenters. The topological polar surface area (TPSA) is 69.6 Å². The van der Waals surface area contributed by atoms with E-state index >= 15 is 0 Å². The van der Waals surface area contributed by atoms with Gasteiger partial charge in [0.05, 0.1) is 12.5 Å². The Morgan fingerprint density at radius 1 is 1.03 bits per heavy atom. The van der Waals surface area contributed by atoms with E-state index in [1.807, 2.05) is 42.5 Å². The van der Waals surface area contributed by atoms with Crippen LogP contribution < -0.4 is 10.2 Å². The fourth-order valence-corrected chi connectivity index (χ4v) is 4.16. The molecule has 5 nitrogen and oxygen atoms in total. The maximum Gasteiger partial charge on any atom is 0.332 e. The third-order valence-corrected chi connectivity index (χ3v) is 5.69. The highest BCUT2D eigenvalue weighted by Crippen LogP contribution is 2.31. The lowest BCUT2D eigenvalue weighted by Gasteiger charge is -2.32. The molecule has 0 spiro atoms. The molecule has 0 bridgehead atoms. The van der Waals surface area contributed by atoms with Crippen molar-refractivity contribution in [2.75, 3.05) is 18.0 Å². The third kappa shape index (κ3) is 6.45. The lowest BCUT2D eigenvalue weighted by molar-refractivity contribution is -0.134. The van der Waals surface area contributed by atoms with Crippen LogP contribution in [0.5, 0.6) is 0 Å². The number of nitrogens with one attached hydrogen (secondary N) is 1. The number of para-hydroxylation sites is 1. The predicted molar refractivity (Wildman–Crippen MR) is 125 cm³/mol. The molecule has 0 radical (unpaired) electrons. The summed E-state index contributed by atoms with van der Waals surface area (Å²) in [5.41, 5.74) is 3.15. The standard InChI is InChI=1S/C26H32N2O3/c1-2-11-23(22-14-7-8-15-24(22)28-16-9-4-10-17-28)27-25(29)19-21(26(30)31)18-20-12-5-3-6-13-20/h3,5-8,12-15,18,23H,2,4,9-11,16-17,19H2,1H3,(H,27,29)(H,30,31). The average Bonchev–Trinajstić information content (AvgIpc) is 2.79. The zero-order chi connectivity index (χ0) is 22.1. The summed E-state index contributed by atoms with van der Waals surface area (Å²) in [6.07, 6.45) is 6.78. The Labute approximate surface area is 184 Å². The number of carboxylic acid groups (broad SMARTS) is 1. The molecule has 2 aromatic rings. The Kier molecular flexibility index (Phi) is 8.27. The van der Waals surface area contributed by atoms with E-state index in [1.54, 1.807) is 6.08 Å². The maximum absolute atomic E-state index is 12.9. The fourth-order valence-electron chi connectivity index (χ4n) is 4.16. The molecular weight excluding hydrogens is 388 g/mol. The molecule has 1 amide bonds. The Hall–Kier alpha value is -3.08. The normalized spacial score (nSPS) is 15.4. The van der Waals surface area contributed by atoms with Crippen LogP contribution in [0, 0.1) is 0 Å². The van der Waals surface area contributed by atoms with Crippen molar-refractivity contribution in [3.8, 4) is 0 Å². The molecule has 1 heterocycles. The van der Waals surface area contributed by atoms with Gasteiger partial charge in [0.2, 0.25) is 5.91 Å². The number of benzene rings is 2. The number of hydrogen-bond acceptors (Lipinski definition) is 3. The first-order valence-corrected chi connectivity index (χ1v) is 11.2. The van der Waals surface area contributed by atoms with Crippen molar-refractivity contribution >= 4 is 23.6 Å². The number of aliphatic carboxylic acids is 1. The first-order chi connectivity index (χ1) is 15.1. The lowest BCUT2D eigenvalue weighted by Crippen LogP contribution is -2.33. The summed E-state index contributed by atoms with van der Waals surface area (Å²) in [4.78, 5) is 27.0. The molecule has 0 saturated carbocycles. The molecule has 1 fully saturated rings. The van der Waals surface area contributed by atoms with Crippen molar-refractivity contribution in [2.45, 2.75) is 51.5 Å². The van der Waals surface area contributed by atoms with Crippen LogP contribution in [0.3, 0.4) is 0 Å². The summed E-state index contributed by atoms with van der Waals surface area (Å²) in [5, 5.41) is 12.7. The molecular formula is C26H32N2O3. The summed E-state index contributed by atoms with van der Waals surface area (Å²) < 4.78 is 0. The third-order valence-electron chi connectivity index (χ3n) is 5.69. The first-order valence-electron chi connectivity index (χ1n) is 11.2. The van der Waals surface area contributed by atoms with Gasteiger partial charge in [0.25, 0.3) is 0 Å². The summed E-state index contributed by atoms with van der Waals surface area (Å²) in [6.45, 7) is 4.17. The summed E-state index contributed by atoms with van der Waals surface area (Å²) in [6, 6.07) is 17.4. The van der Waals surface area contributed by atoms with Gasteiger partial charge in [0, 0.05) is 24.4 Å². The highest BCUT2D eigenvalue weighted by atomic mass is 16.4. The van der Waals surface area contributed by atoms with Crippen LogP contribution in [0.1, 0.15) is 62.6 Å². The number of carbonyl (C=O) groups is 2. The van der Waals surface area contributed by atoms with E-state index in [4.69, 9.17) is 0 Å². The SMILES string of the molecule is CCCC(NC(=O)CC(=Cc1ccccc1)C(=O)O)c1ccccc1N1CCCCC1. The maximum atomic E-state index is 12.9. The Balaban J connectivity index is 1.77. The number of carbonyl (C=O) groups excluding carboxylic acids is 1. The van der Waals surface area contributed by atoms with E-state index in [0.717, 1.165) is 37.1 Å². The highest BCUT2D eigenvalue weighted by Gasteiger charge is 2.22. The molecule has 1 aliphatic heterocycles. The van der Waals surface area contributed by atoms with Crippen LogP contribution in [0.15, 0.2) is 60.2 Å². The van der Waals surface area contributed by atoms with Gasteiger partial charge in [-0.25, -0.2) is 4.79 Å². The van der Waals surface area contributed by atoms with Gasteiger partial charge in [-0.05, 0) is 49.0 Å². The number of amides is 1. The van der Waals surface area contributed by atoms with Crippen LogP contribution in [0.25, 0.3) is 6.08 Å². The van der Waals surface area contributed by atoms with E-state index in [9.17, 15) is 14.7 Å². The number of hydrogen-bond donors (Lipinski definition) is 2. The van der Waals surface area contributed by atoms with Gasteiger partial charge in [-0.15, -0.1) is 0 Å². The second-order valence-corrected chi connectivity index (χ2v) is 8.08. The molecule has 2 aromatic carbocycles. The Morgan fingerprint density at radius 3 is 2.39 bits per heavy atom. The van der Waals surface area contributed by atoms with Gasteiger partial charge in [-0.1, -0.05) is 61.9 Å². The van der Waals surface area contributed by atoms with E-state index in [0.29, 0.717) is 0 Å². The second-order valence-electron chi connectivity index (χ2n) is 8.08. The lowest BCUT2D eigenvalue weighted by atomic mass is 9.97. The van der Waals surface area contributed by atoms with Gasteiger partial charge < -0.3 is 15.3 Å². The van der Waals surface area contributed by atoms with Gasteiger partial charge in [0.1, 0.15) is 0 Å². The molecule has 1 atom stereocenters. The highest BCUT2D eigenvalue weighted by molar-refractivity contribution is 5.98. The quantitative estimate of drug-likeness (QED) is 0.548. The van der Waals surface area contributed by atoms with Crippen LogP contribution in [0.4, 0.5) is 5.69 Å². The second kappa shape index (κ2) is 11.3. The van der Waals surface area contributed by atoms with Crippen molar-refractivity contribution < 1.29 is 14.7 Å². The minimum atomic E-state index is -1.07. The Morgan fingerprint density at radius 2 is 1.71 bits per heavy atom. The van der Waals surface area contributed by atoms with Crippen molar-refractivity contribution in [3.63, 3.8) is 0 Å². The van der Waals surface area contributed by atoms with Gasteiger partial charge in [-0.2, -0.15) is 0 Å². The smallest absolute Gasteiger partial charge is 0.332 e. The van der Waals surface area contributed by atoms with Crippen molar-refractivity contribution in [1.82, 2.24) is 5.32 Å². The predicted octanol–water partition coefficient (Wildman–Crippen LogP) is 5.19. The zero-order valence-corrected chi connectivity index (χ0v) is 18.2. The van der Waals surface area contributed by atoms with Gasteiger partial charge in [0.15, 0.2) is 0 Å². The van der Waals surface area contributed by atoms with Gasteiger partial charge in [-0.3, -0.25) is 4.79 Å². The molecule has 1 aliphatic rings. The minimum Gasteiger partial charge on any atom is -0.478 e. The number of piperidine rings is 1. The Bertz CT molecular complexity index is 902. The minimum absolute atomic E-state index is 0.0864. The molecule has 164 valence electrons. The largest absolute Gasteiger partial charge is 0.478 e. The van der Waals surface area contributed by atoms with E-state index in [2.05, 4.69) is 29.3 Å².